The van der Waals surface area contributed by atoms with Crippen LogP contribution in [0, 0.1) is 11.8 Å². The Labute approximate surface area is 104 Å². The molecule has 2 fully saturated rings. The molecule has 0 aromatic carbocycles. The van der Waals surface area contributed by atoms with E-state index in [1.54, 1.807) is 0 Å². The van der Waals surface area contributed by atoms with Gasteiger partial charge in [0.25, 0.3) is 0 Å². The summed E-state index contributed by atoms with van der Waals surface area (Å²) in [5.41, 5.74) is -0.571. The van der Waals surface area contributed by atoms with Crippen LogP contribution in [0.1, 0.15) is 52.4 Å². The lowest BCUT2D eigenvalue weighted by atomic mass is 9.67. The number of carboxylic acids is 1. The van der Waals surface area contributed by atoms with Gasteiger partial charge in [-0.05, 0) is 44.2 Å². The first kappa shape index (κ1) is 12.9. The molecule has 17 heavy (non-hydrogen) atoms. The molecule has 1 aliphatic heterocycles. The van der Waals surface area contributed by atoms with Gasteiger partial charge >= 0.3 is 5.97 Å². The Kier molecular flexibility index (Phi) is 3.76. The minimum absolute atomic E-state index is 0.270. The quantitative estimate of drug-likeness (QED) is 0.805. The number of hydrogen-bond acceptors (Lipinski definition) is 2. The van der Waals surface area contributed by atoms with Crippen LogP contribution in [0.4, 0.5) is 0 Å². The summed E-state index contributed by atoms with van der Waals surface area (Å²) < 4.78 is 0. The number of hydrogen-bond donors (Lipinski definition) is 1. The third-order valence-electron chi connectivity index (χ3n) is 5.11. The minimum atomic E-state index is -0.585. The predicted molar refractivity (Wildman–Crippen MR) is 68.0 cm³/mol. The van der Waals surface area contributed by atoms with Crippen LogP contribution in [-0.2, 0) is 4.79 Å². The van der Waals surface area contributed by atoms with Gasteiger partial charge in [0.2, 0.25) is 0 Å². The van der Waals surface area contributed by atoms with Crippen molar-refractivity contribution in [1.29, 1.82) is 0 Å². The molecule has 3 nitrogen and oxygen atoms in total. The molecule has 98 valence electrons. The molecular formula is C14H25NO2. The zero-order chi connectivity index (χ0) is 12.5. The second kappa shape index (κ2) is 4.97. The van der Waals surface area contributed by atoms with Crippen molar-refractivity contribution in [2.75, 3.05) is 13.1 Å². The summed E-state index contributed by atoms with van der Waals surface area (Å²) in [4.78, 5) is 14.2. The molecule has 2 rings (SSSR count). The number of carbonyl (C=O) groups is 1. The molecule has 1 aliphatic carbocycles. The van der Waals surface area contributed by atoms with Crippen molar-refractivity contribution in [3.05, 3.63) is 0 Å². The van der Waals surface area contributed by atoms with Gasteiger partial charge in [-0.3, -0.25) is 9.69 Å². The Morgan fingerprint density at radius 2 is 1.82 bits per heavy atom. The van der Waals surface area contributed by atoms with Crippen molar-refractivity contribution in [2.45, 2.75) is 57.9 Å². The summed E-state index contributed by atoms with van der Waals surface area (Å²) in [5.74, 6) is 0.215. The fraction of sp³-hybridized carbons (Fsp3) is 0.929. The maximum absolute atomic E-state index is 11.9. The number of nitrogens with zero attached hydrogens (tertiary/aromatic N) is 1. The maximum atomic E-state index is 11.9. The van der Waals surface area contributed by atoms with Crippen LogP contribution in [0.3, 0.4) is 0 Å². The summed E-state index contributed by atoms with van der Waals surface area (Å²) in [6, 6.07) is 0. The molecule has 0 bridgehead atoms. The molecule has 3 unspecified atom stereocenters. The summed E-state index contributed by atoms with van der Waals surface area (Å²) in [7, 11) is 0. The van der Waals surface area contributed by atoms with Gasteiger partial charge in [-0.2, -0.15) is 0 Å². The summed E-state index contributed by atoms with van der Waals surface area (Å²) in [5, 5.41) is 9.79. The van der Waals surface area contributed by atoms with Gasteiger partial charge in [-0.25, -0.2) is 0 Å². The monoisotopic (exact) mass is 239 g/mol. The average molecular weight is 239 g/mol. The molecule has 1 saturated carbocycles. The number of aliphatic carboxylic acids is 1. The van der Waals surface area contributed by atoms with Gasteiger partial charge in [0.05, 0.1) is 0 Å². The van der Waals surface area contributed by atoms with Crippen LogP contribution >= 0.6 is 0 Å². The summed E-state index contributed by atoms with van der Waals surface area (Å²) in [6.45, 7) is 6.31. The third kappa shape index (κ3) is 2.10. The SMILES string of the molecule is CC1CCCC(C(=O)O)(N2CCCCC2)C1C. The average Bonchev–Trinajstić information content (AvgIpc) is 2.33. The van der Waals surface area contributed by atoms with Gasteiger partial charge in [0, 0.05) is 0 Å². The normalized spacial score (nSPS) is 40.1. The summed E-state index contributed by atoms with van der Waals surface area (Å²) >= 11 is 0. The first-order valence-corrected chi connectivity index (χ1v) is 7.07. The molecular weight excluding hydrogens is 214 g/mol. The van der Waals surface area contributed by atoms with Gasteiger partial charge in [0.15, 0.2) is 0 Å². The largest absolute Gasteiger partial charge is 0.480 e. The number of carboxylic acid groups (broad SMARTS) is 1. The second-order valence-electron chi connectivity index (χ2n) is 5.94. The molecule has 1 N–H and O–H groups in total. The van der Waals surface area contributed by atoms with Crippen LogP contribution in [0.2, 0.25) is 0 Å². The topological polar surface area (TPSA) is 40.5 Å². The first-order valence-electron chi connectivity index (χ1n) is 7.07. The third-order valence-corrected chi connectivity index (χ3v) is 5.11. The highest BCUT2D eigenvalue weighted by molar-refractivity contribution is 5.79. The van der Waals surface area contributed by atoms with E-state index in [-0.39, 0.29) is 5.92 Å². The lowest BCUT2D eigenvalue weighted by Gasteiger charge is -2.50. The van der Waals surface area contributed by atoms with E-state index in [9.17, 15) is 9.90 Å². The fourth-order valence-electron chi connectivity index (χ4n) is 3.82. The van der Waals surface area contributed by atoms with E-state index in [2.05, 4.69) is 18.7 Å². The number of piperidine rings is 1. The standard InChI is InChI=1S/C14H25NO2/c1-11-7-6-8-14(12(11)2,13(16)17)15-9-4-3-5-10-15/h11-12H,3-10H2,1-2H3,(H,16,17). The van der Waals surface area contributed by atoms with Crippen molar-refractivity contribution < 1.29 is 9.90 Å². The molecule has 0 radical (unpaired) electrons. The molecule has 3 atom stereocenters. The van der Waals surface area contributed by atoms with E-state index in [4.69, 9.17) is 0 Å². The zero-order valence-electron chi connectivity index (χ0n) is 11.1. The predicted octanol–water partition coefficient (Wildman–Crippen LogP) is 2.75. The molecule has 0 aromatic rings. The van der Waals surface area contributed by atoms with Gasteiger partial charge in [-0.1, -0.05) is 33.1 Å². The van der Waals surface area contributed by atoms with E-state index >= 15 is 0 Å². The van der Waals surface area contributed by atoms with Gasteiger partial charge in [0.1, 0.15) is 5.54 Å². The zero-order valence-corrected chi connectivity index (χ0v) is 11.1. The second-order valence-corrected chi connectivity index (χ2v) is 5.94. The first-order chi connectivity index (χ1) is 8.09. The smallest absolute Gasteiger partial charge is 0.324 e. The van der Waals surface area contributed by atoms with Gasteiger partial charge in [-0.15, -0.1) is 0 Å². The Hall–Kier alpha value is -0.570. The van der Waals surface area contributed by atoms with Crippen LogP contribution in [0.5, 0.6) is 0 Å². The minimum Gasteiger partial charge on any atom is -0.480 e. The van der Waals surface area contributed by atoms with Crippen LogP contribution in [0.15, 0.2) is 0 Å². The molecule has 1 heterocycles. The van der Waals surface area contributed by atoms with Crippen LogP contribution in [-0.4, -0.2) is 34.6 Å². The molecule has 0 aromatic heterocycles. The highest BCUT2D eigenvalue weighted by Crippen LogP contribution is 2.42. The molecule has 0 amide bonds. The van der Waals surface area contributed by atoms with E-state index in [0.29, 0.717) is 5.92 Å². The van der Waals surface area contributed by atoms with Crippen molar-refractivity contribution in [2.24, 2.45) is 11.8 Å². The van der Waals surface area contributed by atoms with Crippen molar-refractivity contribution in [3.63, 3.8) is 0 Å². The maximum Gasteiger partial charge on any atom is 0.324 e. The van der Waals surface area contributed by atoms with E-state index in [1.807, 2.05) is 0 Å². The molecule has 2 aliphatic rings. The van der Waals surface area contributed by atoms with Crippen molar-refractivity contribution >= 4 is 5.97 Å². The van der Waals surface area contributed by atoms with E-state index < -0.39 is 11.5 Å². The van der Waals surface area contributed by atoms with Crippen LogP contribution in [0.25, 0.3) is 0 Å². The van der Waals surface area contributed by atoms with Crippen LogP contribution < -0.4 is 0 Å². The number of rotatable bonds is 2. The lowest BCUT2D eigenvalue weighted by molar-refractivity contribution is -0.162. The summed E-state index contributed by atoms with van der Waals surface area (Å²) in [6.07, 6.45) is 6.68. The fourth-order valence-corrected chi connectivity index (χ4v) is 3.82. The van der Waals surface area contributed by atoms with Gasteiger partial charge < -0.3 is 5.11 Å². The Balaban J connectivity index is 2.26. The lowest BCUT2D eigenvalue weighted by Crippen LogP contribution is -2.62. The van der Waals surface area contributed by atoms with Crippen molar-refractivity contribution in [1.82, 2.24) is 4.90 Å². The molecule has 1 saturated heterocycles. The Bertz CT molecular complexity index is 286. The molecule has 3 heteroatoms. The van der Waals surface area contributed by atoms with E-state index in [1.165, 1.54) is 12.8 Å². The van der Waals surface area contributed by atoms with Crippen molar-refractivity contribution in [3.8, 4) is 0 Å². The van der Waals surface area contributed by atoms with E-state index in [0.717, 1.165) is 38.8 Å². The highest BCUT2D eigenvalue weighted by atomic mass is 16.4. The Morgan fingerprint density at radius 3 is 2.41 bits per heavy atom. The molecule has 0 spiro atoms. The highest BCUT2D eigenvalue weighted by Gasteiger charge is 2.51. The number of likely N-dealkylation sites (tertiary alicyclic amines) is 1. The Morgan fingerprint density at radius 1 is 1.18 bits per heavy atom.